The first-order valence-corrected chi connectivity index (χ1v) is 5.33. The fraction of sp³-hybridized carbons (Fsp3) is 0.0833. The molecule has 0 bridgehead atoms. The first-order valence-electron chi connectivity index (χ1n) is 5.33. The number of hydrogen-bond acceptors (Lipinski definition) is 3. The number of nitrogens with zero attached hydrogens (tertiary/aromatic N) is 5. The van der Waals surface area contributed by atoms with Crippen LogP contribution in [0.25, 0.3) is 0 Å². The molecular formula is C12H11N5. The summed E-state index contributed by atoms with van der Waals surface area (Å²) < 4.78 is 3.70. The smallest absolute Gasteiger partial charge is 0.170 e. The van der Waals surface area contributed by atoms with Crippen molar-refractivity contribution in [2.24, 2.45) is 0 Å². The van der Waals surface area contributed by atoms with Gasteiger partial charge in [-0.25, -0.2) is 9.36 Å². The van der Waals surface area contributed by atoms with Crippen LogP contribution in [0.15, 0.2) is 61.4 Å². The van der Waals surface area contributed by atoms with Gasteiger partial charge in [-0.1, -0.05) is 6.07 Å². The van der Waals surface area contributed by atoms with E-state index in [0.717, 1.165) is 5.56 Å². The zero-order valence-corrected chi connectivity index (χ0v) is 9.09. The molecule has 0 amide bonds. The molecule has 0 radical (unpaired) electrons. The quantitative estimate of drug-likeness (QED) is 0.679. The van der Waals surface area contributed by atoms with Crippen LogP contribution in [0, 0.1) is 0 Å². The average Bonchev–Trinajstić information content (AvgIpc) is 3.04. The molecule has 0 aliphatic rings. The van der Waals surface area contributed by atoms with Crippen LogP contribution in [-0.4, -0.2) is 24.5 Å². The molecule has 3 aromatic heterocycles. The molecule has 5 heteroatoms. The van der Waals surface area contributed by atoms with Crippen LogP contribution in [0.3, 0.4) is 0 Å². The van der Waals surface area contributed by atoms with Gasteiger partial charge in [-0.2, -0.15) is 10.2 Å². The minimum Gasteiger partial charge on any atom is -0.264 e. The van der Waals surface area contributed by atoms with Gasteiger partial charge in [0.05, 0.1) is 0 Å². The van der Waals surface area contributed by atoms with Crippen LogP contribution in [0.2, 0.25) is 0 Å². The van der Waals surface area contributed by atoms with Crippen LogP contribution in [0.1, 0.15) is 11.7 Å². The highest BCUT2D eigenvalue weighted by Crippen LogP contribution is 2.17. The monoisotopic (exact) mass is 225 g/mol. The molecule has 0 saturated heterocycles. The van der Waals surface area contributed by atoms with Gasteiger partial charge in [0.15, 0.2) is 6.17 Å². The Morgan fingerprint density at radius 3 is 2.06 bits per heavy atom. The van der Waals surface area contributed by atoms with Crippen LogP contribution in [0.5, 0.6) is 0 Å². The molecule has 0 atom stereocenters. The van der Waals surface area contributed by atoms with Crippen molar-refractivity contribution in [1.29, 1.82) is 0 Å². The third kappa shape index (κ3) is 1.82. The second kappa shape index (κ2) is 4.21. The Bertz CT molecular complexity index is 522. The topological polar surface area (TPSA) is 48.5 Å². The van der Waals surface area contributed by atoms with Gasteiger partial charge in [-0.15, -0.1) is 0 Å². The highest BCUT2D eigenvalue weighted by atomic mass is 15.4. The van der Waals surface area contributed by atoms with Crippen molar-refractivity contribution in [1.82, 2.24) is 24.5 Å². The Morgan fingerprint density at radius 1 is 0.882 bits per heavy atom. The van der Waals surface area contributed by atoms with Gasteiger partial charge >= 0.3 is 0 Å². The molecule has 3 aromatic rings. The predicted molar refractivity (Wildman–Crippen MR) is 62.2 cm³/mol. The van der Waals surface area contributed by atoms with Crippen molar-refractivity contribution in [3.8, 4) is 0 Å². The lowest BCUT2D eigenvalue weighted by Gasteiger charge is -2.18. The fourth-order valence-electron chi connectivity index (χ4n) is 1.81. The molecule has 17 heavy (non-hydrogen) atoms. The van der Waals surface area contributed by atoms with Crippen molar-refractivity contribution < 1.29 is 0 Å². The third-order valence-electron chi connectivity index (χ3n) is 2.53. The van der Waals surface area contributed by atoms with Gasteiger partial charge in [0.1, 0.15) is 0 Å². The summed E-state index contributed by atoms with van der Waals surface area (Å²) in [4.78, 5) is 4.14. The first kappa shape index (κ1) is 9.77. The largest absolute Gasteiger partial charge is 0.264 e. The van der Waals surface area contributed by atoms with Crippen LogP contribution in [0.4, 0.5) is 0 Å². The summed E-state index contributed by atoms with van der Waals surface area (Å²) in [7, 11) is 0. The maximum absolute atomic E-state index is 4.28. The molecule has 0 aromatic carbocycles. The molecule has 0 spiro atoms. The SMILES string of the molecule is c1cncc(C(n2cccn2)n2cccn2)c1. The third-order valence-corrected chi connectivity index (χ3v) is 2.53. The van der Waals surface area contributed by atoms with E-state index in [1.807, 2.05) is 52.2 Å². The standard InChI is InChI=1S/C12H11N5/c1-4-11(10-13-5-1)12(16-8-2-6-14-16)17-9-3-7-15-17/h1-10,12H. The van der Waals surface area contributed by atoms with E-state index in [2.05, 4.69) is 15.2 Å². The van der Waals surface area contributed by atoms with E-state index < -0.39 is 0 Å². The summed E-state index contributed by atoms with van der Waals surface area (Å²) in [6.07, 6.45) is 10.8. The van der Waals surface area contributed by atoms with Gasteiger partial charge in [0.25, 0.3) is 0 Å². The van der Waals surface area contributed by atoms with Crippen LogP contribution < -0.4 is 0 Å². The molecule has 3 heterocycles. The average molecular weight is 225 g/mol. The van der Waals surface area contributed by atoms with Crippen molar-refractivity contribution in [2.45, 2.75) is 6.17 Å². The van der Waals surface area contributed by atoms with Gasteiger partial charge in [0, 0.05) is 42.7 Å². The minimum atomic E-state index is -0.0892. The Morgan fingerprint density at radius 2 is 1.59 bits per heavy atom. The molecule has 0 aliphatic carbocycles. The number of hydrogen-bond donors (Lipinski definition) is 0. The van der Waals surface area contributed by atoms with E-state index in [9.17, 15) is 0 Å². The first-order chi connectivity index (χ1) is 8.45. The summed E-state index contributed by atoms with van der Waals surface area (Å²) >= 11 is 0. The van der Waals surface area contributed by atoms with E-state index in [4.69, 9.17) is 0 Å². The number of rotatable bonds is 3. The summed E-state index contributed by atoms with van der Waals surface area (Å²) in [5, 5.41) is 8.55. The van der Waals surface area contributed by atoms with Gasteiger partial charge in [-0.05, 0) is 18.2 Å². The zero-order chi connectivity index (χ0) is 11.5. The summed E-state index contributed by atoms with van der Waals surface area (Å²) in [5.41, 5.74) is 1.04. The van der Waals surface area contributed by atoms with Gasteiger partial charge in [-0.3, -0.25) is 4.98 Å². The maximum atomic E-state index is 4.28. The van der Waals surface area contributed by atoms with Crippen molar-refractivity contribution >= 4 is 0 Å². The minimum absolute atomic E-state index is 0.0892. The molecule has 0 N–H and O–H groups in total. The maximum Gasteiger partial charge on any atom is 0.170 e. The Hall–Kier alpha value is -2.43. The molecule has 84 valence electrons. The Kier molecular flexibility index (Phi) is 2.42. The van der Waals surface area contributed by atoms with Crippen molar-refractivity contribution in [2.75, 3.05) is 0 Å². The van der Waals surface area contributed by atoms with Gasteiger partial charge < -0.3 is 0 Å². The van der Waals surface area contributed by atoms with E-state index >= 15 is 0 Å². The summed E-state index contributed by atoms with van der Waals surface area (Å²) in [6, 6.07) is 7.72. The molecule has 0 saturated carbocycles. The lowest BCUT2D eigenvalue weighted by atomic mass is 10.2. The normalized spacial score (nSPS) is 10.9. The summed E-state index contributed by atoms with van der Waals surface area (Å²) in [6.45, 7) is 0. The second-order valence-corrected chi connectivity index (χ2v) is 3.63. The Labute approximate surface area is 98.3 Å². The van der Waals surface area contributed by atoms with Gasteiger partial charge in [0.2, 0.25) is 0 Å². The van der Waals surface area contributed by atoms with E-state index in [1.54, 1.807) is 18.6 Å². The molecule has 5 nitrogen and oxygen atoms in total. The van der Waals surface area contributed by atoms with Crippen molar-refractivity contribution in [3.63, 3.8) is 0 Å². The summed E-state index contributed by atoms with van der Waals surface area (Å²) in [5.74, 6) is 0. The predicted octanol–water partition coefficient (Wildman–Crippen LogP) is 1.57. The highest BCUT2D eigenvalue weighted by Gasteiger charge is 2.15. The van der Waals surface area contributed by atoms with Crippen molar-refractivity contribution in [3.05, 3.63) is 67.0 Å². The van der Waals surface area contributed by atoms with E-state index in [1.165, 1.54) is 0 Å². The highest BCUT2D eigenvalue weighted by molar-refractivity contribution is 5.15. The second-order valence-electron chi connectivity index (χ2n) is 3.63. The van der Waals surface area contributed by atoms with Crippen LogP contribution in [-0.2, 0) is 0 Å². The Balaban J connectivity index is 2.10. The van der Waals surface area contributed by atoms with Crippen LogP contribution >= 0.6 is 0 Å². The number of aromatic nitrogens is 5. The number of pyridine rings is 1. The van der Waals surface area contributed by atoms with E-state index in [0.29, 0.717) is 0 Å². The fourth-order valence-corrected chi connectivity index (χ4v) is 1.81. The van der Waals surface area contributed by atoms with E-state index in [-0.39, 0.29) is 6.17 Å². The lowest BCUT2D eigenvalue weighted by molar-refractivity contribution is 0.418. The molecule has 0 unspecified atom stereocenters. The molecule has 0 aliphatic heterocycles. The molecule has 0 fully saturated rings. The molecular weight excluding hydrogens is 214 g/mol. The molecule has 3 rings (SSSR count). The zero-order valence-electron chi connectivity index (χ0n) is 9.09. The lowest BCUT2D eigenvalue weighted by Crippen LogP contribution is -2.20.